The number of H-pyrrole nitrogens is 1. The summed E-state index contributed by atoms with van der Waals surface area (Å²) < 4.78 is 0. The van der Waals surface area contributed by atoms with Crippen LogP contribution in [0.1, 0.15) is 20.8 Å². The van der Waals surface area contributed by atoms with Gasteiger partial charge in [-0.3, -0.25) is 0 Å². The number of imidazole rings is 1. The fraction of sp³-hybridized carbons (Fsp3) is 0.235. The third-order valence-electron chi connectivity index (χ3n) is 3.10. The van der Waals surface area contributed by atoms with E-state index in [-0.39, 0.29) is 5.41 Å². The number of aromatic amines is 1. The van der Waals surface area contributed by atoms with Gasteiger partial charge in [-0.05, 0) is 11.5 Å². The molecule has 22 heavy (non-hydrogen) atoms. The van der Waals surface area contributed by atoms with Crippen molar-refractivity contribution in [3.8, 4) is 11.4 Å². The zero-order chi connectivity index (χ0) is 15.7. The summed E-state index contributed by atoms with van der Waals surface area (Å²) in [5.74, 6) is 1.30. The average molecular weight is 293 g/mol. The Morgan fingerprint density at radius 1 is 1.14 bits per heavy atom. The Labute approximate surface area is 129 Å². The Bertz CT molecular complexity index is 825. The third kappa shape index (κ3) is 2.98. The molecule has 5 heteroatoms. The predicted molar refractivity (Wildman–Crippen MR) is 91.3 cm³/mol. The van der Waals surface area contributed by atoms with Crippen molar-refractivity contribution in [1.29, 1.82) is 0 Å². The number of hydrogen-bond acceptors (Lipinski definition) is 4. The molecule has 0 fully saturated rings. The lowest BCUT2D eigenvalue weighted by molar-refractivity contribution is 0.607. The van der Waals surface area contributed by atoms with Crippen molar-refractivity contribution >= 4 is 28.9 Å². The number of aromatic nitrogens is 3. The van der Waals surface area contributed by atoms with Crippen LogP contribution in [0.3, 0.4) is 0 Å². The molecule has 0 amide bonds. The van der Waals surface area contributed by atoms with E-state index in [0.717, 1.165) is 16.9 Å². The SMILES string of the molecule is CC(C)(C)/C=N/c1nc2[nH]c(-c3ccccc3)nc2cc1N. The van der Waals surface area contributed by atoms with E-state index < -0.39 is 0 Å². The van der Waals surface area contributed by atoms with Gasteiger partial charge in [0.15, 0.2) is 11.5 Å². The number of aliphatic imine (C=N–C) groups is 1. The predicted octanol–water partition coefficient (Wildman–Crippen LogP) is 3.96. The van der Waals surface area contributed by atoms with Crippen molar-refractivity contribution in [3.05, 3.63) is 36.4 Å². The van der Waals surface area contributed by atoms with E-state index in [1.807, 2.05) is 36.5 Å². The van der Waals surface area contributed by atoms with Crippen LogP contribution in [-0.2, 0) is 0 Å². The van der Waals surface area contributed by atoms with Gasteiger partial charge >= 0.3 is 0 Å². The first kappa shape index (κ1) is 14.3. The first-order chi connectivity index (χ1) is 10.4. The van der Waals surface area contributed by atoms with Crippen LogP contribution in [0, 0.1) is 5.41 Å². The summed E-state index contributed by atoms with van der Waals surface area (Å²) in [7, 11) is 0. The van der Waals surface area contributed by atoms with E-state index in [2.05, 4.69) is 40.7 Å². The largest absolute Gasteiger partial charge is 0.396 e. The molecule has 3 rings (SSSR count). The highest BCUT2D eigenvalue weighted by molar-refractivity contribution is 5.83. The van der Waals surface area contributed by atoms with Crippen LogP contribution in [0.4, 0.5) is 11.5 Å². The summed E-state index contributed by atoms with van der Waals surface area (Å²) in [6.45, 7) is 6.23. The maximum atomic E-state index is 6.03. The van der Waals surface area contributed by atoms with Gasteiger partial charge in [-0.2, -0.15) is 0 Å². The van der Waals surface area contributed by atoms with Crippen molar-refractivity contribution in [2.24, 2.45) is 10.4 Å². The van der Waals surface area contributed by atoms with Crippen LogP contribution in [0.15, 0.2) is 41.4 Å². The third-order valence-corrected chi connectivity index (χ3v) is 3.10. The summed E-state index contributed by atoms with van der Waals surface area (Å²) in [5, 5.41) is 0. The molecule has 0 radical (unpaired) electrons. The normalized spacial score (nSPS) is 12.3. The van der Waals surface area contributed by atoms with Gasteiger partial charge in [0.1, 0.15) is 11.3 Å². The monoisotopic (exact) mass is 293 g/mol. The number of nitrogens with zero attached hydrogens (tertiary/aromatic N) is 3. The van der Waals surface area contributed by atoms with E-state index in [1.165, 1.54) is 0 Å². The quantitative estimate of drug-likeness (QED) is 0.702. The molecule has 0 bridgehead atoms. The Hall–Kier alpha value is -2.69. The molecule has 2 aromatic heterocycles. The van der Waals surface area contributed by atoms with Crippen LogP contribution >= 0.6 is 0 Å². The minimum atomic E-state index is -0.0216. The first-order valence-electron chi connectivity index (χ1n) is 7.19. The molecule has 112 valence electrons. The fourth-order valence-electron chi connectivity index (χ4n) is 2.04. The van der Waals surface area contributed by atoms with E-state index in [4.69, 9.17) is 5.73 Å². The van der Waals surface area contributed by atoms with Crippen molar-refractivity contribution in [2.75, 3.05) is 5.73 Å². The molecule has 0 aliphatic heterocycles. The zero-order valence-corrected chi connectivity index (χ0v) is 13.0. The van der Waals surface area contributed by atoms with Gasteiger partial charge < -0.3 is 10.7 Å². The Kier molecular flexibility index (Phi) is 3.41. The lowest BCUT2D eigenvalue weighted by Gasteiger charge is -2.09. The highest BCUT2D eigenvalue weighted by Gasteiger charge is 2.11. The summed E-state index contributed by atoms with van der Waals surface area (Å²) in [5.41, 5.74) is 8.98. The summed E-state index contributed by atoms with van der Waals surface area (Å²) in [4.78, 5) is 16.7. The number of fused-ring (bicyclic) bond motifs is 1. The molecule has 0 unspecified atom stereocenters. The molecule has 3 N–H and O–H groups in total. The number of benzene rings is 1. The lowest BCUT2D eigenvalue weighted by Crippen LogP contribution is -2.05. The Morgan fingerprint density at radius 2 is 1.86 bits per heavy atom. The summed E-state index contributed by atoms with van der Waals surface area (Å²) >= 11 is 0. The van der Waals surface area contributed by atoms with Crippen molar-refractivity contribution in [2.45, 2.75) is 20.8 Å². The Morgan fingerprint density at radius 3 is 2.55 bits per heavy atom. The van der Waals surface area contributed by atoms with Gasteiger partial charge in [-0.1, -0.05) is 51.1 Å². The molecule has 0 aliphatic carbocycles. The second kappa shape index (κ2) is 5.26. The van der Waals surface area contributed by atoms with E-state index in [0.29, 0.717) is 17.2 Å². The maximum absolute atomic E-state index is 6.03. The number of nitrogen functional groups attached to an aromatic ring is 1. The van der Waals surface area contributed by atoms with Gasteiger partial charge in [-0.15, -0.1) is 0 Å². The zero-order valence-electron chi connectivity index (χ0n) is 13.0. The molecule has 0 saturated heterocycles. The second-order valence-electron chi connectivity index (χ2n) is 6.34. The summed E-state index contributed by atoms with van der Waals surface area (Å²) in [6, 6.07) is 11.7. The number of nitrogens with two attached hydrogens (primary N) is 1. The van der Waals surface area contributed by atoms with Crippen LogP contribution in [0.2, 0.25) is 0 Å². The molecular formula is C17H19N5. The number of pyridine rings is 1. The van der Waals surface area contributed by atoms with Crippen molar-refractivity contribution in [3.63, 3.8) is 0 Å². The second-order valence-corrected chi connectivity index (χ2v) is 6.34. The Balaban J connectivity index is 2.05. The summed E-state index contributed by atoms with van der Waals surface area (Å²) in [6.07, 6.45) is 1.85. The minimum absolute atomic E-state index is 0.0216. The number of nitrogens with one attached hydrogen (secondary N) is 1. The number of anilines is 1. The first-order valence-corrected chi connectivity index (χ1v) is 7.19. The molecule has 1 aromatic carbocycles. The van der Waals surface area contributed by atoms with Gasteiger partial charge in [0.2, 0.25) is 0 Å². The number of rotatable bonds is 2. The van der Waals surface area contributed by atoms with Crippen molar-refractivity contribution < 1.29 is 0 Å². The van der Waals surface area contributed by atoms with Gasteiger partial charge in [0, 0.05) is 11.8 Å². The molecule has 0 aliphatic rings. The maximum Gasteiger partial charge on any atom is 0.177 e. The van der Waals surface area contributed by atoms with Crippen LogP contribution in [0.5, 0.6) is 0 Å². The molecule has 3 aromatic rings. The fourth-order valence-corrected chi connectivity index (χ4v) is 2.04. The topological polar surface area (TPSA) is 80.0 Å². The smallest absolute Gasteiger partial charge is 0.177 e. The molecule has 0 atom stereocenters. The van der Waals surface area contributed by atoms with E-state index >= 15 is 0 Å². The lowest BCUT2D eigenvalue weighted by atomic mass is 9.99. The van der Waals surface area contributed by atoms with Crippen molar-refractivity contribution in [1.82, 2.24) is 15.0 Å². The van der Waals surface area contributed by atoms with Crippen LogP contribution in [0.25, 0.3) is 22.6 Å². The highest BCUT2D eigenvalue weighted by atomic mass is 15.0. The van der Waals surface area contributed by atoms with Crippen LogP contribution < -0.4 is 5.73 Å². The van der Waals surface area contributed by atoms with E-state index in [1.54, 1.807) is 6.07 Å². The van der Waals surface area contributed by atoms with Gasteiger partial charge in [0.05, 0.1) is 5.69 Å². The standard InChI is InChI=1S/C17H19N5/c1-17(2,3)10-19-15-12(18)9-13-16(22-15)21-14(20-13)11-7-5-4-6-8-11/h4-10H,18H2,1-3H3,(H,20,21,22)/b19-10+. The molecule has 2 heterocycles. The molecule has 5 nitrogen and oxygen atoms in total. The molecule has 0 saturated carbocycles. The average Bonchev–Trinajstić information content (AvgIpc) is 2.87. The molecule has 0 spiro atoms. The minimum Gasteiger partial charge on any atom is -0.396 e. The number of hydrogen-bond donors (Lipinski definition) is 2. The van der Waals surface area contributed by atoms with Gasteiger partial charge in [-0.25, -0.2) is 15.0 Å². The van der Waals surface area contributed by atoms with Crippen LogP contribution in [-0.4, -0.2) is 21.2 Å². The van der Waals surface area contributed by atoms with E-state index in [9.17, 15) is 0 Å². The van der Waals surface area contributed by atoms with Gasteiger partial charge in [0.25, 0.3) is 0 Å². The molecular weight excluding hydrogens is 274 g/mol. The highest BCUT2D eigenvalue weighted by Crippen LogP contribution is 2.26.